The predicted octanol–water partition coefficient (Wildman–Crippen LogP) is 0.478. The minimum atomic E-state index is -0.578. The number of nitrogens with zero attached hydrogens (tertiary/aromatic N) is 3. The summed E-state index contributed by atoms with van der Waals surface area (Å²) < 4.78 is 6.48. The Morgan fingerprint density at radius 3 is 3.05 bits per heavy atom. The minimum Gasteiger partial charge on any atom is -0.453 e. The maximum absolute atomic E-state index is 12.0. The van der Waals surface area contributed by atoms with Gasteiger partial charge in [-0.15, -0.1) is 0 Å². The fourth-order valence-corrected chi connectivity index (χ4v) is 2.47. The zero-order valence-corrected chi connectivity index (χ0v) is 11.6. The molecule has 1 N–H and O–H groups in total. The molecule has 1 atom stereocenters. The van der Waals surface area contributed by atoms with Crippen LogP contribution in [0.25, 0.3) is 0 Å². The van der Waals surface area contributed by atoms with E-state index in [1.54, 1.807) is 17.4 Å². The number of hydrogen-bond acceptors (Lipinski definition) is 4. The Morgan fingerprint density at radius 1 is 1.50 bits per heavy atom. The van der Waals surface area contributed by atoms with Gasteiger partial charge in [0.1, 0.15) is 6.54 Å². The van der Waals surface area contributed by atoms with Crippen molar-refractivity contribution in [1.82, 2.24) is 19.8 Å². The van der Waals surface area contributed by atoms with Crippen LogP contribution < -0.4 is 5.32 Å². The number of likely N-dealkylation sites (tertiary alicyclic amines) is 1. The molecule has 0 bridgehead atoms. The van der Waals surface area contributed by atoms with Crippen molar-refractivity contribution in [2.24, 2.45) is 5.92 Å². The molecule has 2 rings (SSSR count). The zero-order chi connectivity index (χ0) is 14.4. The Labute approximate surface area is 117 Å². The number of carbonyl (C=O) groups excluding carboxylic acids is 2. The average Bonchev–Trinajstić information content (AvgIpc) is 2.97. The number of nitrogens with one attached hydrogen (secondary N) is 1. The van der Waals surface area contributed by atoms with Crippen LogP contribution in [-0.2, 0) is 16.1 Å². The summed E-state index contributed by atoms with van der Waals surface area (Å²) in [4.78, 5) is 28.8. The molecule has 7 nitrogen and oxygen atoms in total. The van der Waals surface area contributed by atoms with E-state index in [4.69, 9.17) is 0 Å². The van der Waals surface area contributed by atoms with Crippen LogP contribution in [0.15, 0.2) is 18.7 Å². The third-order valence-corrected chi connectivity index (χ3v) is 3.47. The van der Waals surface area contributed by atoms with Gasteiger partial charge in [-0.05, 0) is 18.8 Å². The number of amides is 2. The van der Waals surface area contributed by atoms with Gasteiger partial charge in [-0.3, -0.25) is 4.79 Å². The van der Waals surface area contributed by atoms with E-state index in [0.717, 1.165) is 32.5 Å². The van der Waals surface area contributed by atoms with Crippen LogP contribution in [0.1, 0.15) is 12.8 Å². The Balaban J connectivity index is 1.80. The second kappa shape index (κ2) is 6.93. The van der Waals surface area contributed by atoms with Crippen molar-refractivity contribution in [2.75, 3.05) is 26.7 Å². The van der Waals surface area contributed by atoms with E-state index in [2.05, 4.69) is 15.0 Å². The number of ether oxygens (including phenoxy) is 1. The SMILES string of the molecule is COC(=O)NCC(=O)N1CCC[C@H](Cn2ccnc2)C1. The molecular weight excluding hydrogens is 260 g/mol. The molecule has 0 spiro atoms. The normalized spacial score (nSPS) is 18.6. The van der Waals surface area contributed by atoms with Gasteiger partial charge in [-0.2, -0.15) is 0 Å². The number of aromatic nitrogens is 2. The molecule has 0 unspecified atom stereocenters. The molecule has 1 aromatic heterocycles. The molecule has 0 radical (unpaired) electrons. The first-order chi connectivity index (χ1) is 9.69. The highest BCUT2D eigenvalue weighted by Crippen LogP contribution is 2.18. The highest BCUT2D eigenvalue weighted by atomic mass is 16.5. The van der Waals surface area contributed by atoms with Crippen LogP contribution >= 0.6 is 0 Å². The van der Waals surface area contributed by atoms with E-state index in [9.17, 15) is 9.59 Å². The molecular formula is C13H20N4O3. The molecule has 110 valence electrons. The number of rotatable bonds is 4. The van der Waals surface area contributed by atoms with Gasteiger partial charge in [0.15, 0.2) is 0 Å². The first kappa shape index (κ1) is 14.4. The molecule has 2 heterocycles. The molecule has 7 heteroatoms. The summed E-state index contributed by atoms with van der Waals surface area (Å²) in [6.45, 7) is 2.33. The molecule has 0 aromatic carbocycles. The molecule has 1 fully saturated rings. The summed E-state index contributed by atoms with van der Waals surface area (Å²) >= 11 is 0. The lowest BCUT2D eigenvalue weighted by Gasteiger charge is -2.33. The maximum Gasteiger partial charge on any atom is 0.407 e. The Hall–Kier alpha value is -2.05. The summed E-state index contributed by atoms with van der Waals surface area (Å²) in [5.74, 6) is 0.366. The standard InChI is InChI=1S/C13H20N4O3/c1-20-13(19)15-7-12(18)17-5-2-3-11(9-17)8-16-6-4-14-10-16/h4,6,10-11H,2-3,5,7-9H2,1H3,(H,15,19)/t11-/m1/s1. The molecule has 1 saturated heterocycles. The lowest BCUT2D eigenvalue weighted by Crippen LogP contribution is -2.45. The minimum absolute atomic E-state index is 0.00946. The molecule has 0 saturated carbocycles. The first-order valence-corrected chi connectivity index (χ1v) is 6.74. The number of imidazole rings is 1. The van der Waals surface area contributed by atoms with Crippen LogP contribution in [0.4, 0.5) is 4.79 Å². The third kappa shape index (κ3) is 3.97. The molecule has 0 aliphatic carbocycles. The number of piperidine rings is 1. The lowest BCUT2D eigenvalue weighted by molar-refractivity contribution is -0.132. The zero-order valence-electron chi connectivity index (χ0n) is 11.6. The van der Waals surface area contributed by atoms with Crippen molar-refractivity contribution in [3.05, 3.63) is 18.7 Å². The summed E-state index contributed by atoms with van der Waals surface area (Å²) in [6, 6.07) is 0. The Kier molecular flexibility index (Phi) is 4.97. The highest BCUT2D eigenvalue weighted by molar-refractivity contribution is 5.82. The van der Waals surface area contributed by atoms with Crippen molar-refractivity contribution in [3.63, 3.8) is 0 Å². The number of alkyl carbamates (subject to hydrolysis) is 1. The lowest BCUT2D eigenvalue weighted by atomic mass is 9.98. The number of methoxy groups -OCH3 is 1. The molecule has 1 aliphatic heterocycles. The van der Waals surface area contributed by atoms with E-state index in [0.29, 0.717) is 5.92 Å². The van der Waals surface area contributed by atoms with E-state index < -0.39 is 6.09 Å². The average molecular weight is 280 g/mol. The van der Waals surface area contributed by atoms with Crippen LogP contribution in [0, 0.1) is 5.92 Å². The highest BCUT2D eigenvalue weighted by Gasteiger charge is 2.23. The third-order valence-electron chi connectivity index (χ3n) is 3.47. The van der Waals surface area contributed by atoms with Crippen LogP contribution in [-0.4, -0.2) is 53.2 Å². The van der Waals surface area contributed by atoms with Gasteiger partial charge in [0, 0.05) is 32.0 Å². The maximum atomic E-state index is 12.0. The van der Waals surface area contributed by atoms with Crippen molar-refractivity contribution < 1.29 is 14.3 Å². The second-order valence-corrected chi connectivity index (χ2v) is 4.95. The summed E-state index contributed by atoms with van der Waals surface area (Å²) in [6.07, 6.45) is 6.99. The van der Waals surface area contributed by atoms with E-state index in [1.807, 2.05) is 10.8 Å². The van der Waals surface area contributed by atoms with Crippen molar-refractivity contribution in [3.8, 4) is 0 Å². The predicted molar refractivity (Wildman–Crippen MR) is 71.9 cm³/mol. The topological polar surface area (TPSA) is 76.5 Å². The number of carbonyl (C=O) groups is 2. The monoisotopic (exact) mass is 280 g/mol. The quantitative estimate of drug-likeness (QED) is 0.870. The molecule has 2 amide bonds. The summed E-state index contributed by atoms with van der Waals surface area (Å²) in [5.41, 5.74) is 0. The second-order valence-electron chi connectivity index (χ2n) is 4.95. The van der Waals surface area contributed by atoms with Gasteiger partial charge in [-0.25, -0.2) is 9.78 Å². The van der Waals surface area contributed by atoms with Crippen molar-refractivity contribution >= 4 is 12.0 Å². The van der Waals surface area contributed by atoms with Gasteiger partial charge in [0.2, 0.25) is 5.91 Å². The largest absolute Gasteiger partial charge is 0.453 e. The van der Waals surface area contributed by atoms with Crippen molar-refractivity contribution in [2.45, 2.75) is 19.4 Å². The van der Waals surface area contributed by atoms with Crippen LogP contribution in [0.5, 0.6) is 0 Å². The first-order valence-electron chi connectivity index (χ1n) is 6.74. The fraction of sp³-hybridized carbons (Fsp3) is 0.615. The van der Waals surface area contributed by atoms with Gasteiger partial charge in [0.05, 0.1) is 13.4 Å². The van der Waals surface area contributed by atoms with Gasteiger partial charge in [0.25, 0.3) is 0 Å². The van der Waals surface area contributed by atoms with Crippen molar-refractivity contribution in [1.29, 1.82) is 0 Å². The van der Waals surface area contributed by atoms with E-state index in [-0.39, 0.29) is 12.5 Å². The smallest absolute Gasteiger partial charge is 0.407 e. The Bertz CT molecular complexity index is 446. The fourth-order valence-electron chi connectivity index (χ4n) is 2.47. The number of hydrogen-bond donors (Lipinski definition) is 1. The van der Waals surface area contributed by atoms with E-state index >= 15 is 0 Å². The Morgan fingerprint density at radius 2 is 2.35 bits per heavy atom. The summed E-state index contributed by atoms with van der Waals surface area (Å²) in [5, 5.41) is 2.42. The molecule has 1 aliphatic rings. The summed E-state index contributed by atoms with van der Waals surface area (Å²) in [7, 11) is 1.28. The molecule has 20 heavy (non-hydrogen) atoms. The van der Waals surface area contributed by atoms with Crippen LogP contribution in [0.2, 0.25) is 0 Å². The van der Waals surface area contributed by atoms with E-state index in [1.165, 1.54) is 7.11 Å². The van der Waals surface area contributed by atoms with Gasteiger partial charge in [-0.1, -0.05) is 0 Å². The van der Waals surface area contributed by atoms with Crippen LogP contribution in [0.3, 0.4) is 0 Å². The van der Waals surface area contributed by atoms with Gasteiger partial charge < -0.3 is 19.5 Å². The molecule has 1 aromatic rings. The van der Waals surface area contributed by atoms with Gasteiger partial charge >= 0.3 is 6.09 Å².